The summed E-state index contributed by atoms with van der Waals surface area (Å²) in [6.45, 7) is 6.30. The number of aliphatic hydroxyl groups excluding tert-OH is 1. The molecule has 2 amide bonds. The molecule has 0 atom stereocenters. The Morgan fingerprint density at radius 1 is 1.10 bits per heavy atom. The lowest BCUT2D eigenvalue weighted by Crippen LogP contribution is -2.45. The van der Waals surface area contributed by atoms with Gasteiger partial charge in [0, 0.05) is 26.2 Å². The maximum atomic E-state index is 12.0. The summed E-state index contributed by atoms with van der Waals surface area (Å²) in [4.78, 5) is 16.4. The summed E-state index contributed by atoms with van der Waals surface area (Å²) in [5.41, 5.74) is 0. The quantitative estimate of drug-likeness (QED) is 0.722. The van der Waals surface area contributed by atoms with Crippen LogP contribution in [0.3, 0.4) is 0 Å². The molecule has 0 aliphatic carbocycles. The average molecular weight is 283 g/mol. The van der Waals surface area contributed by atoms with Crippen molar-refractivity contribution in [1.82, 2.24) is 15.1 Å². The van der Waals surface area contributed by atoms with Gasteiger partial charge in [-0.15, -0.1) is 0 Å². The van der Waals surface area contributed by atoms with Crippen LogP contribution < -0.4 is 5.32 Å². The lowest BCUT2D eigenvalue weighted by molar-refractivity contribution is 0.137. The summed E-state index contributed by atoms with van der Waals surface area (Å²) in [6, 6.07) is 0.0718. The van der Waals surface area contributed by atoms with Crippen molar-refractivity contribution in [2.24, 2.45) is 5.92 Å². The van der Waals surface area contributed by atoms with E-state index >= 15 is 0 Å². The van der Waals surface area contributed by atoms with E-state index in [-0.39, 0.29) is 12.6 Å². The summed E-state index contributed by atoms with van der Waals surface area (Å²) in [6.07, 6.45) is 6.79. The fourth-order valence-electron chi connectivity index (χ4n) is 3.09. The van der Waals surface area contributed by atoms with Gasteiger partial charge in [0.05, 0.1) is 0 Å². The summed E-state index contributed by atoms with van der Waals surface area (Å²) in [7, 11) is 0. The van der Waals surface area contributed by atoms with Gasteiger partial charge >= 0.3 is 6.03 Å². The molecule has 0 saturated carbocycles. The molecule has 2 N–H and O–H groups in total. The monoisotopic (exact) mass is 283 g/mol. The average Bonchev–Trinajstić information content (AvgIpc) is 3.00. The second-order valence-corrected chi connectivity index (χ2v) is 6.10. The smallest absolute Gasteiger partial charge is 0.317 e. The molecule has 0 spiro atoms. The minimum Gasteiger partial charge on any atom is -0.396 e. The summed E-state index contributed by atoms with van der Waals surface area (Å²) >= 11 is 0. The molecule has 0 aromatic heterocycles. The van der Waals surface area contributed by atoms with Crippen molar-refractivity contribution < 1.29 is 9.90 Å². The van der Waals surface area contributed by atoms with Crippen LogP contribution in [-0.2, 0) is 0 Å². The summed E-state index contributed by atoms with van der Waals surface area (Å²) < 4.78 is 0. The first-order valence-electron chi connectivity index (χ1n) is 8.15. The molecule has 0 aromatic rings. The highest BCUT2D eigenvalue weighted by Gasteiger charge is 2.21. The van der Waals surface area contributed by atoms with Crippen molar-refractivity contribution in [2.45, 2.75) is 38.5 Å². The Hall–Kier alpha value is -0.810. The SMILES string of the molecule is O=C(NCCCCN1CCCC1)N1CCC(CO)CC1. The van der Waals surface area contributed by atoms with E-state index in [1.54, 1.807) is 0 Å². The first-order chi connectivity index (χ1) is 9.79. The molecular weight excluding hydrogens is 254 g/mol. The predicted molar refractivity (Wildman–Crippen MR) is 79.7 cm³/mol. The van der Waals surface area contributed by atoms with E-state index < -0.39 is 0 Å². The van der Waals surface area contributed by atoms with Crippen LogP contribution in [0.4, 0.5) is 4.79 Å². The number of nitrogens with zero attached hydrogens (tertiary/aromatic N) is 2. The van der Waals surface area contributed by atoms with Gasteiger partial charge in [0.15, 0.2) is 0 Å². The van der Waals surface area contributed by atoms with E-state index in [0.717, 1.165) is 38.9 Å². The number of hydrogen-bond donors (Lipinski definition) is 2. The minimum atomic E-state index is 0.0718. The zero-order valence-corrected chi connectivity index (χ0v) is 12.5. The molecule has 2 aliphatic rings. The van der Waals surface area contributed by atoms with Gasteiger partial charge in [-0.25, -0.2) is 4.79 Å². The highest BCUT2D eigenvalue weighted by Crippen LogP contribution is 2.16. The maximum Gasteiger partial charge on any atom is 0.317 e. The predicted octanol–water partition coefficient (Wildman–Crippen LogP) is 1.28. The molecule has 2 aliphatic heterocycles. The molecule has 2 saturated heterocycles. The molecule has 0 bridgehead atoms. The van der Waals surface area contributed by atoms with Crippen LogP contribution in [-0.4, -0.2) is 66.8 Å². The van der Waals surface area contributed by atoms with Crippen LogP contribution in [0.2, 0.25) is 0 Å². The molecule has 0 radical (unpaired) electrons. The van der Waals surface area contributed by atoms with Gasteiger partial charge in [-0.3, -0.25) is 0 Å². The standard InChI is InChI=1S/C15H29N3O2/c19-13-14-5-11-18(12-6-14)15(20)16-7-1-2-8-17-9-3-4-10-17/h14,19H,1-13H2,(H,16,20). The Morgan fingerprint density at radius 2 is 1.80 bits per heavy atom. The summed E-state index contributed by atoms with van der Waals surface area (Å²) in [5.74, 6) is 0.388. The van der Waals surface area contributed by atoms with Crippen LogP contribution in [0.1, 0.15) is 38.5 Å². The number of amides is 2. The number of carbonyl (C=O) groups is 1. The number of nitrogens with one attached hydrogen (secondary N) is 1. The second-order valence-electron chi connectivity index (χ2n) is 6.10. The van der Waals surface area contributed by atoms with E-state index in [9.17, 15) is 4.79 Å². The molecule has 5 nitrogen and oxygen atoms in total. The Kier molecular flexibility index (Phi) is 6.60. The minimum absolute atomic E-state index is 0.0718. The summed E-state index contributed by atoms with van der Waals surface area (Å²) in [5, 5.41) is 12.1. The highest BCUT2D eigenvalue weighted by molar-refractivity contribution is 5.74. The van der Waals surface area contributed by atoms with Gasteiger partial charge < -0.3 is 20.2 Å². The number of carbonyl (C=O) groups excluding carboxylic acids is 1. The molecule has 0 aromatic carbocycles. The lowest BCUT2D eigenvalue weighted by Gasteiger charge is -2.31. The molecule has 116 valence electrons. The number of aliphatic hydroxyl groups is 1. The topological polar surface area (TPSA) is 55.8 Å². The molecular formula is C15H29N3O2. The van der Waals surface area contributed by atoms with Crippen molar-refractivity contribution in [3.05, 3.63) is 0 Å². The largest absolute Gasteiger partial charge is 0.396 e. The number of likely N-dealkylation sites (tertiary alicyclic amines) is 2. The number of piperidine rings is 1. The molecule has 5 heteroatoms. The van der Waals surface area contributed by atoms with Crippen molar-refractivity contribution in [1.29, 1.82) is 0 Å². The van der Waals surface area contributed by atoms with Crippen molar-refractivity contribution >= 4 is 6.03 Å². The van der Waals surface area contributed by atoms with Gasteiger partial charge in [0.2, 0.25) is 0 Å². The number of urea groups is 1. The Labute approximate surface area is 122 Å². The second kappa shape index (κ2) is 8.47. The first-order valence-corrected chi connectivity index (χ1v) is 8.15. The third-order valence-corrected chi connectivity index (χ3v) is 4.54. The van der Waals surface area contributed by atoms with Crippen LogP contribution in [0, 0.1) is 5.92 Å². The third-order valence-electron chi connectivity index (χ3n) is 4.54. The number of hydrogen-bond acceptors (Lipinski definition) is 3. The van der Waals surface area contributed by atoms with Crippen molar-refractivity contribution in [3.8, 4) is 0 Å². The molecule has 20 heavy (non-hydrogen) atoms. The fourth-order valence-corrected chi connectivity index (χ4v) is 3.09. The fraction of sp³-hybridized carbons (Fsp3) is 0.933. The van der Waals surface area contributed by atoms with E-state index in [1.807, 2.05) is 4.90 Å². The molecule has 2 fully saturated rings. The highest BCUT2D eigenvalue weighted by atomic mass is 16.3. The third kappa shape index (κ3) is 4.94. The van der Waals surface area contributed by atoms with Gasteiger partial charge in [-0.1, -0.05) is 0 Å². The first kappa shape index (κ1) is 15.6. The van der Waals surface area contributed by atoms with Crippen LogP contribution >= 0.6 is 0 Å². The van der Waals surface area contributed by atoms with E-state index in [1.165, 1.54) is 38.9 Å². The van der Waals surface area contributed by atoms with Crippen LogP contribution in [0.5, 0.6) is 0 Å². The molecule has 0 unspecified atom stereocenters. The zero-order chi connectivity index (χ0) is 14.2. The normalized spacial score (nSPS) is 21.4. The lowest BCUT2D eigenvalue weighted by atomic mass is 9.98. The Morgan fingerprint density at radius 3 is 2.45 bits per heavy atom. The number of unbranched alkanes of at least 4 members (excludes halogenated alkanes) is 1. The molecule has 2 heterocycles. The van der Waals surface area contributed by atoms with E-state index in [2.05, 4.69) is 10.2 Å². The van der Waals surface area contributed by atoms with Gasteiger partial charge in [0.1, 0.15) is 0 Å². The van der Waals surface area contributed by atoms with Gasteiger partial charge in [-0.2, -0.15) is 0 Å². The van der Waals surface area contributed by atoms with E-state index in [0.29, 0.717) is 5.92 Å². The van der Waals surface area contributed by atoms with Gasteiger partial charge in [-0.05, 0) is 64.1 Å². The zero-order valence-electron chi connectivity index (χ0n) is 12.5. The van der Waals surface area contributed by atoms with Crippen molar-refractivity contribution in [3.63, 3.8) is 0 Å². The number of rotatable bonds is 6. The van der Waals surface area contributed by atoms with Crippen LogP contribution in [0.25, 0.3) is 0 Å². The van der Waals surface area contributed by atoms with E-state index in [4.69, 9.17) is 5.11 Å². The van der Waals surface area contributed by atoms with Crippen LogP contribution in [0.15, 0.2) is 0 Å². The maximum absolute atomic E-state index is 12.0. The Balaban J connectivity index is 1.49. The Bertz CT molecular complexity index is 285. The van der Waals surface area contributed by atoms with Gasteiger partial charge in [0.25, 0.3) is 0 Å². The molecule has 2 rings (SSSR count). The van der Waals surface area contributed by atoms with Crippen molar-refractivity contribution in [2.75, 3.05) is 45.9 Å².